The molecule has 2 unspecified atom stereocenters. The number of carboxylic acids is 1. The van der Waals surface area contributed by atoms with Gasteiger partial charge < -0.3 is 34.9 Å². The first-order valence-electron chi connectivity index (χ1n) is 16.1. The predicted molar refractivity (Wildman–Crippen MR) is 190 cm³/mol. The summed E-state index contributed by atoms with van der Waals surface area (Å²) in [6, 6.07) is 18.0. The number of rotatable bonds is 15. The Labute approximate surface area is 294 Å². The zero-order chi connectivity index (χ0) is 36.2. The zero-order valence-corrected chi connectivity index (χ0v) is 29.1. The molecule has 4 rings (SSSR count). The van der Waals surface area contributed by atoms with Crippen molar-refractivity contribution in [1.29, 1.82) is 0 Å². The summed E-state index contributed by atoms with van der Waals surface area (Å²) in [5.41, 5.74) is 1.92. The Morgan fingerprint density at radius 1 is 0.960 bits per heavy atom. The molecule has 3 N–H and O–H groups in total. The van der Waals surface area contributed by atoms with E-state index in [0.29, 0.717) is 18.8 Å². The molecule has 0 saturated carbocycles. The van der Waals surface area contributed by atoms with Crippen LogP contribution in [0.25, 0.3) is 0 Å². The molecular weight excluding hydrogens is 664 g/mol. The fourth-order valence-corrected chi connectivity index (χ4v) is 5.47. The molecule has 3 aromatic rings. The third-order valence-corrected chi connectivity index (χ3v) is 8.59. The minimum Gasteiger partial charge on any atom is -0.495 e. The molecule has 0 spiro atoms. The van der Waals surface area contributed by atoms with Gasteiger partial charge >= 0.3 is 17.9 Å². The maximum Gasteiger partial charge on any atom is 0.341 e. The van der Waals surface area contributed by atoms with Gasteiger partial charge in [-0.2, -0.15) is 0 Å². The van der Waals surface area contributed by atoms with Crippen molar-refractivity contribution in [3.8, 4) is 5.75 Å². The number of carbonyl (C=O) groups is 5. The average molecular weight is 705 g/mol. The van der Waals surface area contributed by atoms with Crippen LogP contribution in [0.5, 0.6) is 5.75 Å². The largest absolute Gasteiger partial charge is 0.495 e. The fraction of sp³-hybridized carbons (Fsp3) is 0.333. The molecule has 1 heterocycles. The number of amidine groups is 1. The van der Waals surface area contributed by atoms with Gasteiger partial charge in [0.15, 0.2) is 5.84 Å². The van der Waals surface area contributed by atoms with Gasteiger partial charge in [0.2, 0.25) is 6.10 Å². The minimum absolute atomic E-state index is 0.0322. The summed E-state index contributed by atoms with van der Waals surface area (Å²) in [6.45, 7) is 6.90. The number of methoxy groups -OCH3 is 1. The molecule has 14 heteroatoms. The summed E-state index contributed by atoms with van der Waals surface area (Å²) in [4.78, 5) is 70.8. The monoisotopic (exact) mass is 704 g/mol. The van der Waals surface area contributed by atoms with Crippen LogP contribution in [-0.2, 0) is 25.6 Å². The summed E-state index contributed by atoms with van der Waals surface area (Å²) < 4.78 is 16.8. The number of likely N-dealkylation sites (N-methyl/N-ethyl adjacent to an activating group) is 1. The van der Waals surface area contributed by atoms with Crippen LogP contribution in [0.1, 0.15) is 59.9 Å². The highest BCUT2D eigenvalue weighted by Gasteiger charge is 2.36. The van der Waals surface area contributed by atoms with Crippen molar-refractivity contribution >= 4 is 63.7 Å². The first-order valence-corrected chi connectivity index (χ1v) is 17.1. The van der Waals surface area contributed by atoms with Gasteiger partial charge in [0, 0.05) is 18.8 Å². The van der Waals surface area contributed by atoms with Gasteiger partial charge in [-0.3, -0.25) is 14.4 Å². The Morgan fingerprint density at radius 2 is 1.70 bits per heavy atom. The number of ether oxygens (including phenoxy) is 3. The number of nitrogens with zero attached hydrogens (tertiary/aromatic N) is 2. The maximum atomic E-state index is 14.2. The van der Waals surface area contributed by atoms with E-state index in [-0.39, 0.29) is 58.8 Å². The van der Waals surface area contributed by atoms with E-state index in [4.69, 9.17) is 24.3 Å². The lowest BCUT2D eigenvalue weighted by molar-refractivity contribution is -0.136. The molecule has 0 bridgehead atoms. The maximum absolute atomic E-state index is 14.2. The number of aliphatic carboxylic acids is 1. The van der Waals surface area contributed by atoms with E-state index < -0.39 is 35.2 Å². The number of esters is 2. The number of thioether (sulfide) groups is 1. The lowest BCUT2D eigenvalue weighted by Gasteiger charge is -2.33. The van der Waals surface area contributed by atoms with Gasteiger partial charge in [-0.25, -0.2) is 14.6 Å². The summed E-state index contributed by atoms with van der Waals surface area (Å²) >= 11 is 0.754. The third-order valence-electron chi connectivity index (χ3n) is 7.81. The van der Waals surface area contributed by atoms with E-state index >= 15 is 0 Å². The molecule has 2 amide bonds. The third kappa shape index (κ3) is 9.84. The Bertz CT molecular complexity index is 1760. The summed E-state index contributed by atoms with van der Waals surface area (Å²) in [6.07, 6.45) is -0.969. The Morgan fingerprint density at radius 3 is 2.42 bits per heavy atom. The van der Waals surface area contributed by atoms with Crippen molar-refractivity contribution in [1.82, 2.24) is 4.90 Å². The Balaban J connectivity index is 1.67. The molecule has 13 nitrogen and oxygen atoms in total. The van der Waals surface area contributed by atoms with Crippen LogP contribution in [0.3, 0.4) is 0 Å². The SMILES string of the molecule is CCC(C)COC(=O)c1ccc(OC)c(NC(=O)C(OC(=O)c2ccccc2NC(=O)SCCC(=O)O)C2=Nc3ccccc3CN2CC)c1. The lowest BCUT2D eigenvalue weighted by Crippen LogP contribution is -2.48. The molecule has 1 aliphatic heterocycles. The highest BCUT2D eigenvalue weighted by molar-refractivity contribution is 8.13. The number of fused-ring (bicyclic) bond motifs is 1. The average Bonchev–Trinajstić information content (AvgIpc) is 3.11. The molecule has 264 valence electrons. The first-order chi connectivity index (χ1) is 24.0. The van der Waals surface area contributed by atoms with Crippen molar-refractivity contribution in [2.24, 2.45) is 10.9 Å². The van der Waals surface area contributed by atoms with Crippen molar-refractivity contribution in [2.75, 3.05) is 36.6 Å². The zero-order valence-electron chi connectivity index (χ0n) is 28.3. The second-order valence-electron chi connectivity index (χ2n) is 11.4. The van der Waals surface area contributed by atoms with Crippen LogP contribution in [0, 0.1) is 5.92 Å². The standard InChI is InChI=1S/C36H40N4O9S/c1-5-22(3)21-48-34(44)23-15-16-29(47-4)28(19-23)38-33(43)31(32-37-26-13-9-7-11-24(26)20-40(32)6-2)49-35(45)25-12-8-10-14-27(25)39-36(46)50-18-17-30(41)42/h7-16,19,22,31H,5-6,17-18,20-21H2,1-4H3,(H,38,43)(H,39,46)(H,41,42). The van der Waals surface area contributed by atoms with Crippen molar-refractivity contribution in [2.45, 2.75) is 46.3 Å². The summed E-state index contributed by atoms with van der Waals surface area (Å²) in [7, 11) is 1.41. The molecule has 0 saturated heterocycles. The molecular formula is C36H40N4O9S. The number of hydrogen-bond donors (Lipinski definition) is 3. The first kappa shape index (κ1) is 37.4. The van der Waals surface area contributed by atoms with Crippen LogP contribution in [-0.4, -0.2) is 77.0 Å². The molecule has 50 heavy (non-hydrogen) atoms. The highest BCUT2D eigenvalue weighted by atomic mass is 32.2. The molecule has 1 aliphatic rings. The fourth-order valence-electron chi connectivity index (χ4n) is 4.82. The second-order valence-corrected chi connectivity index (χ2v) is 12.4. The highest BCUT2D eigenvalue weighted by Crippen LogP contribution is 2.30. The normalized spacial score (nSPS) is 13.2. The number of amides is 2. The minimum atomic E-state index is -1.59. The number of carbonyl (C=O) groups excluding carboxylic acids is 4. The lowest BCUT2D eigenvalue weighted by atomic mass is 10.1. The van der Waals surface area contributed by atoms with Crippen LogP contribution in [0.2, 0.25) is 0 Å². The van der Waals surface area contributed by atoms with Gasteiger partial charge in [-0.15, -0.1) is 0 Å². The van der Waals surface area contributed by atoms with Crippen molar-refractivity contribution in [3.63, 3.8) is 0 Å². The summed E-state index contributed by atoms with van der Waals surface area (Å²) in [5, 5.41) is 13.7. The van der Waals surface area contributed by atoms with Gasteiger partial charge in [0.05, 0.1) is 48.3 Å². The number of benzene rings is 3. The molecule has 2 atom stereocenters. The van der Waals surface area contributed by atoms with Crippen molar-refractivity contribution in [3.05, 3.63) is 83.4 Å². The molecule has 3 aromatic carbocycles. The number of nitrogens with one attached hydrogen (secondary N) is 2. The van der Waals surface area contributed by atoms with E-state index in [1.807, 2.05) is 43.9 Å². The summed E-state index contributed by atoms with van der Waals surface area (Å²) in [5.74, 6) is -2.69. The second kappa shape index (κ2) is 17.9. The number of hydrogen-bond acceptors (Lipinski definition) is 11. The molecule has 0 aliphatic carbocycles. The quantitative estimate of drug-likeness (QED) is 0.150. The number of anilines is 2. The van der Waals surface area contributed by atoms with Gasteiger partial charge in [0.25, 0.3) is 11.1 Å². The van der Waals surface area contributed by atoms with E-state index in [1.165, 1.54) is 37.4 Å². The van der Waals surface area contributed by atoms with Crippen LogP contribution < -0.4 is 15.4 Å². The molecule has 0 radical (unpaired) electrons. The van der Waals surface area contributed by atoms with Crippen LogP contribution in [0.15, 0.2) is 71.7 Å². The van der Waals surface area contributed by atoms with Crippen molar-refractivity contribution < 1.29 is 43.3 Å². The van der Waals surface area contributed by atoms with Gasteiger partial charge in [-0.1, -0.05) is 62.4 Å². The Hall–Kier alpha value is -5.37. The van der Waals surface area contributed by atoms with Crippen LogP contribution in [0.4, 0.5) is 21.9 Å². The van der Waals surface area contributed by atoms with Gasteiger partial charge in [-0.05, 0) is 54.8 Å². The van der Waals surface area contributed by atoms with E-state index in [9.17, 15) is 24.0 Å². The number of aliphatic imine (C=N–C) groups is 1. The van der Waals surface area contributed by atoms with Crippen LogP contribution >= 0.6 is 11.8 Å². The van der Waals surface area contributed by atoms with E-state index in [2.05, 4.69) is 10.6 Å². The molecule has 0 fully saturated rings. The van der Waals surface area contributed by atoms with Gasteiger partial charge in [0.1, 0.15) is 5.75 Å². The predicted octanol–water partition coefficient (Wildman–Crippen LogP) is 6.37. The smallest absolute Gasteiger partial charge is 0.341 e. The topological polar surface area (TPSA) is 173 Å². The number of carboxylic acid groups (broad SMARTS) is 1. The Kier molecular flexibility index (Phi) is 13.4. The van der Waals surface area contributed by atoms with E-state index in [0.717, 1.165) is 23.7 Å². The number of para-hydroxylation sites is 2. The molecule has 0 aromatic heterocycles. The van der Waals surface area contributed by atoms with E-state index in [1.54, 1.807) is 18.2 Å².